The van der Waals surface area contributed by atoms with Gasteiger partial charge in [-0.3, -0.25) is 0 Å². The minimum atomic E-state index is -1.26. The van der Waals surface area contributed by atoms with Crippen molar-refractivity contribution in [2.45, 2.75) is 62.9 Å². The van der Waals surface area contributed by atoms with Crippen LogP contribution in [0.2, 0.25) is 0 Å². The van der Waals surface area contributed by atoms with Crippen LogP contribution in [0.1, 0.15) is 73.0 Å². The topological polar surface area (TPSA) is 172 Å². The van der Waals surface area contributed by atoms with Gasteiger partial charge in [-0.1, -0.05) is 121 Å². The first-order valence-electron chi connectivity index (χ1n) is 22.3. The van der Waals surface area contributed by atoms with Gasteiger partial charge in [0.25, 0.3) is 0 Å². The fraction of sp³-hybridized carbons (Fsp3) is 0.353. The Hall–Kier alpha value is -6.29. The van der Waals surface area contributed by atoms with Crippen LogP contribution in [0.5, 0.6) is 5.88 Å². The maximum absolute atomic E-state index is 9.55. The minimum Gasteiger partial charge on any atom is -0.478 e. The summed E-state index contributed by atoms with van der Waals surface area (Å²) in [7, 11) is 0. The number of ether oxygens (including phenoxy) is 3. The monoisotopic (exact) mass is 884 g/mol. The van der Waals surface area contributed by atoms with Gasteiger partial charge in [0.05, 0.1) is 18.8 Å². The van der Waals surface area contributed by atoms with E-state index in [0.717, 1.165) is 77.8 Å². The van der Waals surface area contributed by atoms with E-state index in [1.54, 1.807) is 0 Å². The molecule has 6 aromatic rings. The Morgan fingerprint density at radius 2 is 1.02 bits per heavy atom. The van der Waals surface area contributed by atoms with Crippen molar-refractivity contribution in [1.82, 2.24) is 29.6 Å². The molecule has 8 rings (SSSR count). The number of benzene rings is 4. The van der Waals surface area contributed by atoms with Crippen LogP contribution in [-0.4, -0.2) is 122 Å². The lowest BCUT2D eigenvalue weighted by Crippen LogP contribution is -2.38. The lowest BCUT2D eigenvalue weighted by Gasteiger charge is -2.34. The van der Waals surface area contributed by atoms with E-state index in [1.165, 1.54) is 33.2 Å². The highest BCUT2D eigenvalue weighted by Crippen LogP contribution is 2.31. The number of aromatic nitrogens is 4. The van der Waals surface area contributed by atoms with Crippen LogP contribution >= 0.6 is 0 Å². The van der Waals surface area contributed by atoms with Crippen molar-refractivity contribution in [3.05, 3.63) is 174 Å². The van der Waals surface area contributed by atoms with Gasteiger partial charge in [0.2, 0.25) is 5.88 Å². The van der Waals surface area contributed by atoms with E-state index in [4.69, 9.17) is 29.5 Å². The van der Waals surface area contributed by atoms with Gasteiger partial charge in [-0.05, 0) is 66.8 Å². The average Bonchev–Trinajstić information content (AvgIpc) is 3.83. The van der Waals surface area contributed by atoms with Crippen LogP contribution in [0.4, 0.5) is 0 Å². The summed E-state index contributed by atoms with van der Waals surface area (Å²) in [5.74, 6) is -1.94. The summed E-state index contributed by atoms with van der Waals surface area (Å²) in [5, 5.41) is 32.9. The summed E-state index contributed by atoms with van der Waals surface area (Å²) in [5.41, 5.74) is 5.56. The molecule has 2 aliphatic heterocycles. The van der Waals surface area contributed by atoms with Gasteiger partial charge in [0, 0.05) is 64.1 Å². The first kappa shape index (κ1) is 48.2. The lowest BCUT2D eigenvalue weighted by molar-refractivity contribution is -0.134. The van der Waals surface area contributed by atoms with Crippen LogP contribution in [0.3, 0.4) is 0 Å². The molecule has 0 unspecified atom stereocenters. The summed E-state index contributed by atoms with van der Waals surface area (Å²) < 4.78 is 20.5. The summed E-state index contributed by atoms with van der Waals surface area (Å²) in [6.07, 6.45) is 9.16. The molecule has 14 nitrogen and oxygen atoms in total. The molecule has 0 atom stereocenters. The maximum atomic E-state index is 9.55. The second-order valence-corrected chi connectivity index (χ2v) is 15.8. The molecule has 2 aromatic heterocycles. The highest BCUT2D eigenvalue weighted by molar-refractivity contribution is 5.89. The molecule has 3 N–H and O–H groups in total. The number of fused-ring (bicyclic) bond motifs is 1. The predicted molar refractivity (Wildman–Crippen MR) is 248 cm³/mol. The van der Waals surface area contributed by atoms with Gasteiger partial charge < -0.3 is 39.3 Å². The second-order valence-electron chi connectivity index (χ2n) is 15.8. The van der Waals surface area contributed by atoms with Gasteiger partial charge in [0.15, 0.2) is 5.65 Å². The fourth-order valence-corrected chi connectivity index (χ4v) is 7.82. The number of aliphatic hydroxyl groups excluding tert-OH is 1. The van der Waals surface area contributed by atoms with E-state index in [2.05, 4.69) is 134 Å². The zero-order chi connectivity index (χ0) is 45.5. The van der Waals surface area contributed by atoms with E-state index in [9.17, 15) is 9.59 Å². The molecule has 0 amide bonds. The van der Waals surface area contributed by atoms with Crippen LogP contribution in [-0.2, 0) is 19.1 Å². The number of piperidine rings is 2. The van der Waals surface area contributed by atoms with Gasteiger partial charge in [-0.25, -0.2) is 14.6 Å². The van der Waals surface area contributed by atoms with Gasteiger partial charge >= 0.3 is 11.9 Å². The van der Waals surface area contributed by atoms with Crippen molar-refractivity contribution in [1.29, 1.82) is 0 Å². The third-order valence-electron chi connectivity index (χ3n) is 11.1. The molecule has 0 aliphatic carbocycles. The first-order chi connectivity index (χ1) is 31.8. The number of hydrogen-bond donors (Lipinski definition) is 3. The van der Waals surface area contributed by atoms with Crippen molar-refractivity contribution in [3.8, 4) is 5.88 Å². The molecular weight excluding hydrogens is 825 g/mol. The Morgan fingerprint density at radius 1 is 0.600 bits per heavy atom. The van der Waals surface area contributed by atoms with Crippen molar-refractivity contribution in [3.63, 3.8) is 0 Å². The summed E-state index contributed by atoms with van der Waals surface area (Å²) in [4.78, 5) is 28.1. The molecule has 0 bridgehead atoms. The molecule has 4 heterocycles. The van der Waals surface area contributed by atoms with Gasteiger partial charge in [-0.15, -0.1) is 14.8 Å². The van der Waals surface area contributed by atoms with Gasteiger partial charge in [-0.2, -0.15) is 0 Å². The molecule has 2 saturated heterocycles. The van der Waals surface area contributed by atoms with Crippen molar-refractivity contribution < 1.29 is 39.1 Å². The fourth-order valence-electron chi connectivity index (χ4n) is 7.82. The number of aliphatic carboxylic acids is 2. The quantitative estimate of drug-likeness (QED) is 0.0573. The standard InChI is InChI=1S/C26H29N5O2.C21H27NO2.C4H4O4/c1-3-8-21(9-4-1)26(22-10-5-2-6-11-22)33-23-14-17-30(18-15-23)16-7-19-32-25-13-12-24-27-20-28-31(24)29-25;23-17-7-14-22-15-12-20(13-16-22)24-21(18-8-3-1-4-9-18)19-10-5-2-6-11-19;5-3(6)1-2-4(7)8/h1-6,8-13,20,23,26H,7,14-19H2;1-6,8-11,20-21,23H,7,12-17H2;1-2H,(H,5,6)(H,7,8). The molecule has 2 aliphatic rings. The molecule has 342 valence electrons. The Kier molecular flexibility index (Phi) is 19.6. The molecule has 0 radical (unpaired) electrons. The number of nitrogens with zero attached hydrogens (tertiary/aromatic N) is 6. The summed E-state index contributed by atoms with van der Waals surface area (Å²) in [6, 6.07) is 45.7. The normalized spacial score (nSPS) is 15.1. The molecule has 0 spiro atoms. The van der Waals surface area contributed by atoms with E-state index in [-0.39, 0.29) is 24.9 Å². The van der Waals surface area contributed by atoms with Crippen molar-refractivity contribution >= 4 is 17.6 Å². The number of carbonyl (C=O) groups is 2. The lowest BCUT2D eigenvalue weighted by atomic mass is 10.00. The highest BCUT2D eigenvalue weighted by atomic mass is 16.5. The van der Waals surface area contributed by atoms with E-state index in [1.807, 2.05) is 24.3 Å². The minimum absolute atomic E-state index is 0.00129. The molecule has 4 aromatic carbocycles. The molecule has 14 heteroatoms. The Bertz CT molecular complexity index is 2190. The zero-order valence-electron chi connectivity index (χ0n) is 36.7. The number of carboxylic acid groups (broad SMARTS) is 2. The molecule has 65 heavy (non-hydrogen) atoms. The molecule has 0 saturated carbocycles. The van der Waals surface area contributed by atoms with Crippen LogP contribution in [0.15, 0.2) is 152 Å². The zero-order valence-corrected chi connectivity index (χ0v) is 36.7. The molecule has 2 fully saturated rings. The van der Waals surface area contributed by atoms with Crippen LogP contribution in [0, 0.1) is 0 Å². The summed E-state index contributed by atoms with van der Waals surface area (Å²) in [6.45, 7) is 7.12. The summed E-state index contributed by atoms with van der Waals surface area (Å²) >= 11 is 0. The average molecular weight is 885 g/mol. The van der Waals surface area contributed by atoms with Crippen LogP contribution < -0.4 is 4.74 Å². The predicted octanol–water partition coefficient (Wildman–Crippen LogP) is 7.52. The largest absolute Gasteiger partial charge is 0.478 e. The number of hydrogen-bond acceptors (Lipinski definition) is 11. The number of carboxylic acids is 2. The number of aliphatic hydroxyl groups is 1. The van der Waals surface area contributed by atoms with Crippen molar-refractivity contribution in [2.24, 2.45) is 0 Å². The SMILES string of the molecule is O=C(O)C=CC(=O)O.OCCCN1CCC(OC(c2ccccc2)c2ccccc2)CC1.c1ccc(C(OC2CCN(CCCOc3ccc4ncnn4n3)CC2)c2ccccc2)cc1. The third-order valence-corrected chi connectivity index (χ3v) is 11.1. The van der Waals surface area contributed by atoms with Crippen molar-refractivity contribution in [2.75, 3.05) is 52.5 Å². The van der Waals surface area contributed by atoms with E-state index in [0.29, 0.717) is 36.4 Å². The number of rotatable bonds is 18. The van der Waals surface area contributed by atoms with E-state index >= 15 is 0 Å². The molecular formula is C51H60N6O8. The Labute approximate surface area is 380 Å². The maximum Gasteiger partial charge on any atom is 0.328 e. The van der Waals surface area contributed by atoms with E-state index < -0.39 is 11.9 Å². The Balaban J connectivity index is 0.000000191. The highest BCUT2D eigenvalue weighted by Gasteiger charge is 2.26. The van der Waals surface area contributed by atoms with Crippen LogP contribution in [0.25, 0.3) is 5.65 Å². The first-order valence-corrected chi connectivity index (χ1v) is 22.3. The number of likely N-dealkylation sites (tertiary alicyclic amines) is 2. The third kappa shape index (κ3) is 16.3. The van der Waals surface area contributed by atoms with Gasteiger partial charge in [0.1, 0.15) is 18.5 Å². The Morgan fingerprint density at radius 3 is 1.42 bits per heavy atom. The second kappa shape index (κ2) is 26.5. The smallest absolute Gasteiger partial charge is 0.328 e.